The van der Waals surface area contributed by atoms with Crippen LogP contribution in [0, 0.1) is 11.3 Å². The Hall–Kier alpha value is -0.320. The summed E-state index contributed by atoms with van der Waals surface area (Å²) in [5.41, 5.74) is 6.10. The average molecular weight is 305 g/mol. The number of carbonyl (C=O) groups excluding carboxylic acids is 1. The second kappa shape index (κ2) is 8.20. The van der Waals surface area contributed by atoms with Gasteiger partial charge in [-0.25, -0.2) is 0 Å². The van der Waals surface area contributed by atoms with Crippen LogP contribution in [-0.4, -0.2) is 30.2 Å². The lowest BCUT2D eigenvalue weighted by Crippen LogP contribution is -2.42. The van der Waals surface area contributed by atoms with Crippen molar-refractivity contribution in [3.05, 3.63) is 0 Å². The zero-order valence-corrected chi connectivity index (χ0v) is 13.1. The van der Waals surface area contributed by atoms with Gasteiger partial charge in [-0.2, -0.15) is 0 Å². The van der Waals surface area contributed by atoms with Gasteiger partial charge in [0, 0.05) is 25.1 Å². The highest BCUT2D eigenvalue weighted by molar-refractivity contribution is 5.85. The molecule has 4 N–H and O–H groups in total. The Balaban J connectivity index is 0.00000200. The Kier molecular flexibility index (Phi) is 7.27. The molecule has 2 rings (SSSR count). The van der Waals surface area contributed by atoms with Crippen LogP contribution in [0.1, 0.15) is 57.8 Å². The molecule has 2 saturated carbocycles. The van der Waals surface area contributed by atoms with Gasteiger partial charge in [0.1, 0.15) is 0 Å². The summed E-state index contributed by atoms with van der Waals surface area (Å²) in [6, 6.07) is 0.197. The van der Waals surface area contributed by atoms with Crippen LogP contribution in [0.25, 0.3) is 0 Å². The minimum absolute atomic E-state index is 0. The van der Waals surface area contributed by atoms with Gasteiger partial charge in [-0.15, -0.1) is 12.4 Å². The standard InChI is InChI=1S/C15H28N2O2.ClH/c16-13-5-3-4-12(10-13)14(19)17-11-15(8-9-18)6-1-2-7-15;/h12-13,18H,1-11,16H2,(H,17,19);1H. The number of nitrogens with two attached hydrogens (primary N) is 1. The van der Waals surface area contributed by atoms with E-state index in [1.54, 1.807) is 0 Å². The van der Waals surface area contributed by atoms with Gasteiger partial charge in [0.15, 0.2) is 0 Å². The van der Waals surface area contributed by atoms with Crippen molar-refractivity contribution >= 4 is 18.3 Å². The Morgan fingerprint density at radius 2 is 1.95 bits per heavy atom. The van der Waals surface area contributed by atoms with Crippen molar-refractivity contribution in [1.82, 2.24) is 5.32 Å². The van der Waals surface area contributed by atoms with Gasteiger partial charge in [0.05, 0.1) is 0 Å². The van der Waals surface area contributed by atoms with E-state index in [1.807, 2.05) is 0 Å². The first-order valence-electron chi connectivity index (χ1n) is 7.79. The molecular weight excluding hydrogens is 276 g/mol. The third-order valence-corrected chi connectivity index (χ3v) is 5.03. The molecule has 0 aromatic carbocycles. The van der Waals surface area contributed by atoms with Gasteiger partial charge >= 0.3 is 0 Å². The van der Waals surface area contributed by atoms with Crippen molar-refractivity contribution in [2.24, 2.45) is 17.1 Å². The zero-order chi connectivity index (χ0) is 13.7. The molecule has 0 aromatic heterocycles. The van der Waals surface area contributed by atoms with E-state index < -0.39 is 0 Å². The summed E-state index contributed by atoms with van der Waals surface area (Å²) in [7, 11) is 0. The van der Waals surface area contributed by atoms with Crippen LogP contribution in [0.4, 0.5) is 0 Å². The van der Waals surface area contributed by atoms with E-state index in [9.17, 15) is 9.90 Å². The first-order chi connectivity index (χ1) is 9.15. The van der Waals surface area contributed by atoms with Gasteiger partial charge in [-0.3, -0.25) is 4.79 Å². The third-order valence-electron chi connectivity index (χ3n) is 5.03. The topological polar surface area (TPSA) is 75.4 Å². The van der Waals surface area contributed by atoms with Crippen molar-refractivity contribution in [3.63, 3.8) is 0 Å². The summed E-state index contributed by atoms with van der Waals surface area (Å²) in [5.74, 6) is 0.288. The van der Waals surface area contributed by atoms with Crippen LogP contribution >= 0.6 is 12.4 Å². The molecule has 0 aromatic rings. The number of hydrogen-bond donors (Lipinski definition) is 3. The quantitative estimate of drug-likeness (QED) is 0.727. The lowest BCUT2D eigenvalue weighted by molar-refractivity contribution is -0.126. The van der Waals surface area contributed by atoms with Gasteiger partial charge < -0.3 is 16.2 Å². The molecule has 1 amide bonds. The fourth-order valence-electron chi connectivity index (χ4n) is 3.76. The Morgan fingerprint density at radius 3 is 2.55 bits per heavy atom. The van der Waals surface area contributed by atoms with Gasteiger partial charge in [-0.1, -0.05) is 19.3 Å². The average Bonchev–Trinajstić information content (AvgIpc) is 2.85. The van der Waals surface area contributed by atoms with E-state index in [2.05, 4.69) is 5.32 Å². The normalized spacial score (nSPS) is 28.7. The van der Waals surface area contributed by atoms with E-state index in [1.165, 1.54) is 12.8 Å². The predicted octanol–water partition coefficient (Wildman–Crippen LogP) is 1.98. The van der Waals surface area contributed by atoms with E-state index in [0.717, 1.165) is 51.5 Å². The van der Waals surface area contributed by atoms with Crippen molar-refractivity contribution in [2.45, 2.75) is 63.8 Å². The molecule has 0 saturated heterocycles. The number of halogens is 1. The summed E-state index contributed by atoms with van der Waals surface area (Å²) >= 11 is 0. The molecule has 2 atom stereocenters. The first kappa shape index (κ1) is 17.7. The molecule has 0 aliphatic heterocycles. The van der Waals surface area contributed by atoms with Crippen LogP contribution in [0.3, 0.4) is 0 Å². The second-order valence-electron chi connectivity index (χ2n) is 6.52. The minimum Gasteiger partial charge on any atom is -0.396 e. The van der Waals surface area contributed by atoms with Gasteiger partial charge in [0.2, 0.25) is 5.91 Å². The number of rotatable bonds is 5. The van der Waals surface area contributed by atoms with Crippen molar-refractivity contribution in [3.8, 4) is 0 Å². The molecule has 2 aliphatic carbocycles. The molecule has 118 valence electrons. The van der Waals surface area contributed by atoms with E-state index >= 15 is 0 Å². The molecule has 0 radical (unpaired) electrons. The first-order valence-corrected chi connectivity index (χ1v) is 7.79. The molecule has 2 aliphatic rings. The molecule has 0 heterocycles. The van der Waals surface area contributed by atoms with Crippen LogP contribution in [0.2, 0.25) is 0 Å². The maximum atomic E-state index is 12.2. The Bertz CT molecular complexity index is 306. The van der Waals surface area contributed by atoms with Gasteiger partial charge in [-0.05, 0) is 43.9 Å². The van der Waals surface area contributed by atoms with Crippen LogP contribution in [-0.2, 0) is 4.79 Å². The fourth-order valence-corrected chi connectivity index (χ4v) is 3.76. The monoisotopic (exact) mass is 304 g/mol. The van der Waals surface area contributed by atoms with E-state index in [-0.39, 0.29) is 42.3 Å². The maximum absolute atomic E-state index is 12.2. The molecular formula is C15H29ClN2O2. The highest BCUT2D eigenvalue weighted by Gasteiger charge is 2.34. The lowest BCUT2D eigenvalue weighted by Gasteiger charge is -2.31. The van der Waals surface area contributed by atoms with Crippen LogP contribution in [0.15, 0.2) is 0 Å². The predicted molar refractivity (Wildman–Crippen MR) is 82.8 cm³/mol. The highest BCUT2D eigenvalue weighted by Crippen LogP contribution is 2.40. The second-order valence-corrected chi connectivity index (χ2v) is 6.52. The molecule has 4 nitrogen and oxygen atoms in total. The number of aliphatic hydroxyl groups is 1. The number of hydrogen-bond acceptors (Lipinski definition) is 3. The summed E-state index contributed by atoms with van der Waals surface area (Å²) in [5, 5.41) is 12.3. The summed E-state index contributed by atoms with van der Waals surface area (Å²) in [6.07, 6.45) is 9.48. The molecule has 0 bridgehead atoms. The maximum Gasteiger partial charge on any atom is 0.223 e. The molecule has 20 heavy (non-hydrogen) atoms. The Labute approximate surface area is 128 Å². The molecule has 5 heteroatoms. The highest BCUT2D eigenvalue weighted by atomic mass is 35.5. The smallest absolute Gasteiger partial charge is 0.223 e. The number of carbonyl (C=O) groups is 1. The fraction of sp³-hybridized carbons (Fsp3) is 0.933. The third kappa shape index (κ3) is 4.61. The molecule has 0 spiro atoms. The van der Waals surface area contributed by atoms with Crippen molar-refractivity contribution < 1.29 is 9.90 Å². The number of nitrogens with one attached hydrogen (secondary N) is 1. The summed E-state index contributed by atoms with van der Waals surface area (Å²) in [6.45, 7) is 0.961. The Morgan fingerprint density at radius 1 is 1.25 bits per heavy atom. The SMILES string of the molecule is Cl.NC1CCCC(C(=O)NCC2(CCO)CCCC2)C1. The van der Waals surface area contributed by atoms with Gasteiger partial charge in [0.25, 0.3) is 0 Å². The number of amides is 1. The molecule has 2 fully saturated rings. The summed E-state index contributed by atoms with van der Waals surface area (Å²) in [4.78, 5) is 12.2. The lowest BCUT2D eigenvalue weighted by atomic mass is 9.82. The summed E-state index contributed by atoms with van der Waals surface area (Å²) < 4.78 is 0. The van der Waals surface area contributed by atoms with Crippen molar-refractivity contribution in [2.75, 3.05) is 13.2 Å². The van der Waals surface area contributed by atoms with E-state index in [0.29, 0.717) is 0 Å². The van der Waals surface area contributed by atoms with E-state index in [4.69, 9.17) is 5.73 Å². The molecule has 2 unspecified atom stereocenters. The largest absolute Gasteiger partial charge is 0.396 e. The number of aliphatic hydroxyl groups excluding tert-OH is 1. The van der Waals surface area contributed by atoms with Crippen molar-refractivity contribution in [1.29, 1.82) is 0 Å². The van der Waals surface area contributed by atoms with Crippen LogP contribution in [0.5, 0.6) is 0 Å². The zero-order valence-electron chi connectivity index (χ0n) is 12.3. The van der Waals surface area contributed by atoms with Crippen LogP contribution < -0.4 is 11.1 Å². The minimum atomic E-state index is 0.